The van der Waals surface area contributed by atoms with Crippen molar-refractivity contribution < 1.29 is 9.21 Å². The second kappa shape index (κ2) is 4.00. The number of hydrogen-bond acceptors (Lipinski definition) is 3. The maximum Gasteiger partial charge on any atom is 0.202 e. The highest BCUT2D eigenvalue weighted by atomic mass is 16.3. The summed E-state index contributed by atoms with van der Waals surface area (Å²) in [6.07, 6.45) is 0.900. The number of carbonyl (C=O) groups is 1. The number of Topliss-reactive ketones (excluding diaryl/α,β-unsaturated/α-hetero) is 1. The molecule has 1 aromatic carbocycles. The first-order valence-electron chi connectivity index (χ1n) is 6.02. The molecule has 2 heterocycles. The number of para-hydroxylation sites is 1. The Morgan fingerprint density at radius 2 is 2.24 bits per heavy atom. The molecule has 0 spiro atoms. The van der Waals surface area contributed by atoms with Crippen LogP contribution in [0.4, 0.5) is 0 Å². The highest BCUT2D eigenvalue weighted by Crippen LogP contribution is 2.25. The van der Waals surface area contributed by atoms with Crippen molar-refractivity contribution in [1.82, 2.24) is 5.32 Å². The van der Waals surface area contributed by atoms with Gasteiger partial charge in [-0.25, -0.2) is 0 Å². The number of furan rings is 1. The number of nitrogens with one attached hydrogen (secondary N) is 1. The number of ketones is 1. The maximum atomic E-state index is 12.3. The van der Waals surface area contributed by atoms with E-state index in [1.165, 1.54) is 0 Å². The highest BCUT2D eigenvalue weighted by Gasteiger charge is 2.31. The first-order valence-corrected chi connectivity index (χ1v) is 6.02. The molecule has 0 radical (unpaired) electrons. The molecular weight excluding hydrogens is 214 g/mol. The van der Waals surface area contributed by atoms with Crippen molar-refractivity contribution in [2.45, 2.75) is 19.4 Å². The Balaban J connectivity index is 1.95. The van der Waals surface area contributed by atoms with E-state index >= 15 is 0 Å². The average molecular weight is 229 g/mol. The zero-order chi connectivity index (χ0) is 11.8. The quantitative estimate of drug-likeness (QED) is 0.805. The van der Waals surface area contributed by atoms with Gasteiger partial charge in [-0.2, -0.15) is 0 Å². The van der Waals surface area contributed by atoms with Crippen LogP contribution in [0.15, 0.2) is 34.7 Å². The fraction of sp³-hybridized carbons (Fsp3) is 0.357. The molecular formula is C14H15NO2. The highest BCUT2D eigenvalue weighted by molar-refractivity contribution is 5.99. The first-order chi connectivity index (χ1) is 8.25. The molecule has 3 rings (SSSR count). The molecule has 3 heteroatoms. The summed E-state index contributed by atoms with van der Waals surface area (Å²) in [4.78, 5) is 12.3. The summed E-state index contributed by atoms with van der Waals surface area (Å²) in [5.41, 5.74) is 0.787. The maximum absolute atomic E-state index is 12.3. The lowest BCUT2D eigenvalue weighted by molar-refractivity contribution is 0.0887. The van der Waals surface area contributed by atoms with Crippen LogP contribution in [0.1, 0.15) is 23.9 Å². The minimum atomic E-state index is 0.0514. The van der Waals surface area contributed by atoms with Gasteiger partial charge in [0.25, 0.3) is 0 Å². The van der Waals surface area contributed by atoms with Gasteiger partial charge in [0, 0.05) is 17.3 Å². The lowest BCUT2D eigenvalue weighted by atomic mass is 9.95. The largest absolute Gasteiger partial charge is 0.453 e. The Morgan fingerprint density at radius 3 is 2.94 bits per heavy atom. The summed E-state index contributed by atoms with van der Waals surface area (Å²) < 4.78 is 5.61. The second-order valence-electron chi connectivity index (χ2n) is 4.65. The third kappa shape index (κ3) is 1.76. The molecule has 0 amide bonds. The van der Waals surface area contributed by atoms with Crippen LogP contribution in [-0.4, -0.2) is 18.4 Å². The molecule has 2 aromatic rings. The van der Waals surface area contributed by atoms with Gasteiger partial charge in [0.2, 0.25) is 5.78 Å². The summed E-state index contributed by atoms with van der Waals surface area (Å²) in [6, 6.07) is 9.82. The zero-order valence-corrected chi connectivity index (χ0v) is 9.77. The van der Waals surface area contributed by atoms with Crippen molar-refractivity contribution in [2.24, 2.45) is 5.92 Å². The molecule has 0 aliphatic carbocycles. The van der Waals surface area contributed by atoms with Crippen LogP contribution in [0.3, 0.4) is 0 Å². The van der Waals surface area contributed by atoms with E-state index in [-0.39, 0.29) is 17.7 Å². The molecule has 1 saturated heterocycles. The van der Waals surface area contributed by atoms with Crippen molar-refractivity contribution >= 4 is 16.8 Å². The van der Waals surface area contributed by atoms with Crippen molar-refractivity contribution in [3.63, 3.8) is 0 Å². The Bertz CT molecular complexity index is 525. The molecule has 1 fully saturated rings. The van der Waals surface area contributed by atoms with E-state index in [4.69, 9.17) is 4.42 Å². The standard InChI is InChI=1S/C14H15NO2/c1-9-11(6-7-15-9)14(16)13-8-10-4-2-3-5-12(10)17-13/h2-5,8-9,11,15H,6-7H2,1H3. The SMILES string of the molecule is CC1NCCC1C(=O)c1cc2ccccc2o1. The Morgan fingerprint density at radius 1 is 1.41 bits per heavy atom. The molecule has 1 aliphatic heterocycles. The number of benzene rings is 1. The van der Waals surface area contributed by atoms with Crippen molar-refractivity contribution in [3.8, 4) is 0 Å². The lowest BCUT2D eigenvalue weighted by Gasteiger charge is -2.11. The minimum Gasteiger partial charge on any atom is -0.453 e. The van der Waals surface area contributed by atoms with E-state index in [2.05, 4.69) is 12.2 Å². The van der Waals surface area contributed by atoms with E-state index in [9.17, 15) is 4.79 Å². The normalized spacial score (nSPS) is 24.3. The van der Waals surface area contributed by atoms with E-state index < -0.39 is 0 Å². The molecule has 88 valence electrons. The van der Waals surface area contributed by atoms with Gasteiger partial charge in [0.1, 0.15) is 5.58 Å². The van der Waals surface area contributed by atoms with E-state index in [1.807, 2.05) is 30.3 Å². The number of carbonyl (C=O) groups excluding carboxylic acids is 1. The van der Waals surface area contributed by atoms with Gasteiger partial charge in [0.05, 0.1) is 0 Å². The molecule has 0 bridgehead atoms. The van der Waals surface area contributed by atoms with Crippen LogP contribution in [-0.2, 0) is 0 Å². The molecule has 2 atom stereocenters. The molecule has 3 nitrogen and oxygen atoms in total. The average Bonchev–Trinajstić information content (AvgIpc) is 2.93. The second-order valence-corrected chi connectivity index (χ2v) is 4.65. The monoisotopic (exact) mass is 229 g/mol. The lowest BCUT2D eigenvalue weighted by Crippen LogP contribution is -2.27. The smallest absolute Gasteiger partial charge is 0.202 e. The fourth-order valence-electron chi connectivity index (χ4n) is 2.50. The number of hydrogen-bond donors (Lipinski definition) is 1. The Hall–Kier alpha value is -1.61. The molecule has 1 N–H and O–H groups in total. The van der Waals surface area contributed by atoms with Crippen LogP contribution >= 0.6 is 0 Å². The van der Waals surface area contributed by atoms with Gasteiger partial charge in [-0.3, -0.25) is 4.79 Å². The molecule has 1 aromatic heterocycles. The van der Waals surface area contributed by atoms with Gasteiger partial charge in [0.15, 0.2) is 5.76 Å². The molecule has 1 aliphatic rings. The Labute approximate surface area is 99.8 Å². The van der Waals surface area contributed by atoms with Crippen LogP contribution in [0.2, 0.25) is 0 Å². The van der Waals surface area contributed by atoms with Gasteiger partial charge >= 0.3 is 0 Å². The van der Waals surface area contributed by atoms with E-state index in [1.54, 1.807) is 0 Å². The van der Waals surface area contributed by atoms with Crippen LogP contribution < -0.4 is 5.32 Å². The number of rotatable bonds is 2. The molecule has 17 heavy (non-hydrogen) atoms. The topological polar surface area (TPSA) is 42.2 Å². The summed E-state index contributed by atoms with van der Waals surface area (Å²) in [5.74, 6) is 0.668. The summed E-state index contributed by atoms with van der Waals surface area (Å²) in [7, 11) is 0. The van der Waals surface area contributed by atoms with Gasteiger partial charge < -0.3 is 9.73 Å². The molecule has 2 unspecified atom stereocenters. The third-order valence-corrected chi connectivity index (χ3v) is 3.53. The van der Waals surface area contributed by atoms with E-state index in [0.717, 1.165) is 23.9 Å². The summed E-state index contributed by atoms with van der Waals surface area (Å²) >= 11 is 0. The van der Waals surface area contributed by atoms with Gasteiger partial charge in [-0.1, -0.05) is 18.2 Å². The van der Waals surface area contributed by atoms with Crippen molar-refractivity contribution in [1.29, 1.82) is 0 Å². The minimum absolute atomic E-state index is 0.0514. The fourth-order valence-corrected chi connectivity index (χ4v) is 2.50. The van der Waals surface area contributed by atoms with E-state index in [0.29, 0.717) is 5.76 Å². The first kappa shape index (κ1) is 10.5. The van der Waals surface area contributed by atoms with Crippen LogP contribution in [0, 0.1) is 5.92 Å². The summed E-state index contributed by atoms with van der Waals surface area (Å²) in [5, 5.41) is 4.29. The Kier molecular flexibility index (Phi) is 2.48. The van der Waals surface area contributed by atoms with Crippen molar-refractivity contribution in [3.05, 3.63) is 36.1 Å². The zero-order valence-electron chi connectivity index (χ0n) is 9.77. The predicted molar refractivity (Wildman–Crippen MR) is 66.1 cm³/mol. The molecule has 0 saturated carbocycles. The summed E-state index contributed by atoms with van der Waals surface area (Å²) in [6.45, 7) is 2.97. The predicted octanol–water partition coefficient (Wildman–Crippen LogP) is 2.61. The number of fused-ring (bicyclic) bond motifs is 1. The van der Waals surface area contributed by atoms with Crippen LogP contribution in [0.5, 0.6) is 0 Å². The van der Waals surface area contributed by atoms with Crippen molar-refractivity contribution in [2.75, 3.05) is 6.54 Å². The van der Waals surface area contributed by atoms with Gasteiger partial charge in [-0.05, 0) is 32.0 Å². The van der Waals surface area contributed by atoms with Crippen LogP contribution in [0.25, 0.3) is 11.0 Å². The van der Waals surface area contributed by atoms with Gasteiger partial charge in [-0.15, -0.1) is 0 Å². The third-order valence-electron chi connectivity index (χ3n) is 3.53.